The number of hydrogen-bond acceptors (Lipinski definition) is 3. The number of hydrogen-bond donors (Lipinski definition) is 2. The van der Waals surface area contributed by atoms with Crippen molar-refractivity contribution in [2.45, 2.75) is 69.5 Å². The molecule has 29 heavy (non-hydrogen) atoms. The smallest absolute Gasteiger partial charge is 0.232 e. The Morgan fingerprint density at radius 1 is 1.17 bits per heavy atom. The van der Waals surface area contributed by atoms with Crippen molar-refractivity contribution in [1.82, 2.24) is 0 Å². The summed E-state index contributed by atoms with van der Waals surface area (Å²) in [6, 6.07) is 5.37. The van der Waals surface area contributed by atoms with Crippen LogP contribution in [0.3, 0.4) is 0 Å². The molecule has 4 aliphatic rings. The van der Waals surface area contributed by atoms with Crippen LogP contribution in [0.1, 0.15) is 63.9 Å². The summed E-state index contributed by atoms with van der Waals surface area (Å²) in [4.78, 5) is 13.0. The quantitative estimate of drug-likeness (QED) is 0.523. The molecule has 7 heteroatoms. The van der Waals surface area contributed by atoms with E-state index in [1.54, 1.807) is 12.1 Å². The van der Waals surface area contributed by atoms with Gasteiger partial charge in [-0.1, -0.05) is 28.9 Å². The number of carbonyl (C=O) groups excluding carboxylic acids is 1. The van der Waals surface area contributed by atoms with Crippen LogP contribution >= 0.6 is 15.9 Å². The summed E-state index contributed by atoms with van der Waals surface area (Å²) in [6.45, 7) is 3.68. The van der Waals surface area contributed by atoms with Gasteiger partial charge in [-0.05, 0) is 86.8 Å². The van der Waals surface area contributed by atoms with Gasteiger partial charge in [-0.15, -0.1) is 0 Å². The molecule has 0 saturated heterocycles. The summed E-state index contributed by atoms with van der Waals surface area (Å²) in [5, 5.41) is 3.07. The Bertz CT molecular complexity index is 901. The standard InChI is InChI=1S/C22H31BrN2O3S/c1-3-7-29(27,28)25-19-6-4-5-18(15(19)2)24-20(26)13-21-9-16-8-17(10-21)12-22(23,11-16)14-21/h4-6,16-17,25H,3,7-14H2,1-2H3,(H,24,26). The normalized spacial score (nSPS) is 32.9. The number of rotatable bonds is 7. The van der Waals surface area contributed by atoms with Crippen LogP contribution in [0.5, 0.6) is 0 Å². The number of benzene rings is 1. The van der Waals surface area contributed by atoms with E-state index < -0.39 is 10.0 Å². The van der Waals surface area contributed by atoms with Crippen LogP contribution < -0.4 is 10.0 Å². The van der Waals surface area contributed by atoms with Crippen molar-refractivity contribution >= 4 is 43.2 Å². The van der Waals surface area contributed by atoms with Gasteiger partial charge in [-0.25, -0.2) is 8.42 Å². The maximum Gasteiger partial charge on any atom is 0.232 e. The van der Waals surface area contributed by atoms with Crippen molar-refractivity contribution in [3.63, 3.8) is 0 Å². The average molecular weight is 483 g/mol. The minimum absolute atomic E-state index is 0.0414. The Hall–Kier alpha value is -1.08. The lowest BCUT2D eigenvalue weighted by atomic mass is 9.48. The van der Waals surface area contributed by atoms with Gasteiger partial charge in [-0.2, -0.15) is 0 Å². The molecule has 1 aromatic carbocycles. The molecule has 5 nitrogen and oxygen atoms in total. The topological polar surface area (TPSA) is 75.3 Å². The Morgan fingerprint density at radius 2 is 1.83 bits per heavy atom. The fourth-order valence-electron chi connectivity index (χ4n) is 6.45. The first-order chi connectivity index (χ1) is 13.6. The maximum absolute atomic E-state index is 13.0. The zero-order chi connectivity index (χ0) is 20.9. The van der Waals surface area contributed by atoms with Crippen molar-refractivity contribution in [2.24, 2.45) is 17.3 Å². The first-order valence-electron chi connectivity index (χ1n) is 10.7. The van der Waals surface area contributed by atoms with Crippen LogP contribution in [0.25, 0.3) is 0 Å². The van der Waals surface area contributed by atoms with Crippen LogP contribution in [0, 0.1) is 24.2 Å². The molecular formula is C22H31BrN2O3S. The highest BCUT2D eigenvalue weighted by Gasteiger charge is 2.57. The highest BCUT2D eigenvalue weighted by atomic mass is 79.9. The van der Waals surface area contributed by atoms with Gasteiger partial charge in [0.1, 0.15) is 0 Å². The van der Waals surface area contributed by atoms with E-state index in [4.69, 9.17) is 0 Å². The van der Waals surface area contributed by atoms with E-state index in [0.29, 0.717) is 24.2 Å². The van der Waals surface area contributed by atoms with E-state index in [2.05, 4.69) is 26.0 Å². The van der Waals surface area contributed by atoms with Crippen LogP contribution in [0.15, 0.2) is 18.2 Å². The van der Waals surface area contributed by atoms with E-state index in [1.165, 1.54) is 32.1 Å². The van der Waals surface area contributed by atoms with E-state index in [0.717, 1.165) is 23.8 Å². The molecule has 2 atom stereocenters. The van der Waals surface area contributed by atoms with Crippen molar-refractivity contribution in [2.75, 3.05) is 15.8 Å². The molecule has 2 N–H and O–H groups in total. The molecule has 0 spiro atoms. The second-order valence-electron chi connectivity index (χ2n) is 9.74. The van der Waals surface area contributed by atoms with E-state index in [1.807, 2.05) is 19.9 Å². The van der Waals surface area contributed by atoms with Crippen LogP contribution in [-0.4, -0.2) is 24.4 Å². The average Bonchev–Trinajstić information content (AvgIpc) is 2.55. The number of anilines is 2. The highest BCUT2D eigenvalue weighted by molar-refractivity contribution is 9.10. The number of carbonyl (C=O) groups is 1. The molecule has 4 fully saturated rings. The van der Waals surface area contributed by atoms with E-state index >= 15 is 0 Å². The number of sulfonamides is 1. The molecule has 0 aromatic heterocycles. The SMILES string of the molecule is CCCS(=O)(=O)Nc1cccc(NC(=O)CC23CC4CC(CC(Br)(C4)C2)C3)c1C. The van der Waals surface area contributed by atoms with Crippen molar-refractivity contribution < 1.29 is 13.2 Å². The first-order valence-corrected chi connectivity index (χ1v) is 13.1. The summed E-state index contributed by atoms with van der Waals surface area (Å²) in [5.41, 5.74) is 2.09. The number of alkyl halides is 1. The third-order valence-electron chi connectivity index (χ3n) is 6.99. The first kappa shape index (κ1) is 21.2. The highest BCUT2D eigenvalue weighted by Crippen LogP contribution is 2.65. The molecule has 0 heterocycles. The number of halogens is 1. The molecule has 160 valence electrons. The Balaban J connectivity index is 1.46. The number of amides is 1. The second kappa shape index (κ2) is 7.56. The van der Waals surface area contributed by atoms with Gasteiger partial charge in [0.05, 0.1) is 11.4 Å². The molecule has 4 aliphatic carbocycles. The molecule has 0 aliphatic heterocycles. The Labute approximate surface area is 182 Å². The van der Waals surface area contributed by atoms with Gasteiger partial charge >= 0.3 is 0 Å². The van der Waals surface area contributed by atoms with E-state index in [-0.39, 0.29) is 21.4 Å². The third-order valence-corrected chi connectivity index (χ3v) is 9.40. The van der Waals surface area contributed by atoms with Gasteiger partial charge in [0, 0.05) is 16.4 Å². The van der Waals surface area contributed by atoms with Gasteiger partial charge in [0.15, 0.2) is 0 Å². The predicted octanol–water partition coefficient (Wildman–Crippen LogP) is 5.21. The third kappa shape index (κ3) is 4.50. The monoisotopic (exact) mass is 482 g/mol. The van der Waals surface area contributed by atoms with Crippen LogP contribution in [0.4, 0.5) is 11.4 Å². The molecule has 4 bridgehead atoms. The molecule has 1 aromatic rings. The fourth-order valence-corrected chi connectivity index (χ4v) is 9.15. The fraction of sp³-hybridized carbons (Fsp3) is 0.682. The molecule has 5 rings (SSSR count). The number of nitrogens with one attached hydrogen (secondary N) is 2. The zero-order valence-electron chi connectivity index (χ0n) is 17.3. The second-order valence-corrected chi connectivity index (χ2v) is 13.3. The van der Waals surface area contributed by atoms with Gasteiger partial charge in [-0.3, -0.25) is 9.52 Å². The lowest BCUT2D eigenvalue weighted by Crippen LogP contribution is -2.53. The molecular weight excluding hydrogens is 452 g/mol. The van der Waals surface area contributed by atoms with Gasteiger partial charge < -0.3 is 5.32 Å². The lowest BCUT2D eigenvalue weighted by molar-refractivity contribution is -0.123. The van der Waals surface area contributed by atoms with Gasteiger partial charge in [0.25, 0.3) is 0 Å². The lowest BCUT2D eigenvalue weighted by Gasteiger charge is -2.60. The summed E-state index contributed by atoms with van der Waals surface area (Å²) in [5.74, 6) is 1.63. The summed E-state index contributed by atoms with van der Waals surface area (Å²) < 4.78 is 27.1. The largest absolute Gasteiger partial charge is 0.326 e. The Kier molecular flexibility index (Phi) is 5.52. The Morgan fingerprint density at radius 3 is 2.45 bits per heavy atom. The molecule has 0 radical (unpaired) electrons. The summed E-state index contributed by atoms with van der Waals surface area (Å²) in [6.07, 6.45) is 8.38. The van der Waals surface area contributed by atoms with Crippen molar-refractivity contribution in [3.8, 4) is 0 Å². The molecule has 1 amide bonds. The van der Waals surface area contributed by atoms with Gasteiger partial charge in [0.2, 0.25) is 15.9 Å². The summed E-state index contributed by atoms with van der Waals surface area (Å²) >= 11 is 4.01. The summed E-state index contributed by atoms with van der Waals surface area (Å²) in [7, 11) is -3.36. The molecule has 2 unspecified atom stereocenters. The molecule has 4 saturated carbocycles. The minimum Gasteiger partial charge on any atom is -0.326 e. The van der Waals surface area contributed by atoms with Crippen molar-refractivity contribution in [3.05, 3.63) is 23.8 Å². The van der Waals surface area contributed by atoms with Crippen LogP contribution in [-0.2, 0) is 14.8 Å². The zero-order valence-corrected chi connectivity index (χ0v) is 19.7. The van der Waals surface area contributed by atoms with E-state index in [9.17, 15) is 13.2 Å². The van der Waals surface area contributed by atoms with Crippen LogP contribution in [0.2, 0.25) is 0 Å². The maximum atomic E-state index is 13.0. The van der Waals surface area contributed by atoms with Crippen molar-refractivity contribution in [1.29, 1.82) is 0 Å². The predicted molar refractivity (Wildman–Crippen MR) is 121 cm³/mol. The minimum atomic E-state index is -3.36.